The Morgan fingerprint density at radius 2 is 1.68 bits per heavy atom. The van der Waals surface area contributed by atoms with Crippen molar-refractivity contribution in [3.63, 3.8) is 0 Å². The van der Waals surface area contributed by atoms with Crippen molar-refractivity contribution in [1.82, 2.24) is 4.98 Å². The lowest BCUT2D eigenvalue weighted by Crippen LogP contribution is -1.86. The van der Waals surface area contributed by atoms with E-state index in [0.29, 0.717) is 11.3 Å². The molecule has 0 aliphatic carbocycles. The molecule has 0 aliphatic heterocycles. The lowest BCUT2D eigenvalue weighted by molar-refractivity contribution is 0.666. The highest BCUT2D eigenvalue weighted by molar-refractivity contribution is 6.18. The van der Waals surface area contributed by atoms with Crippen LogP contribution in [0, 0.1) is 11.3 Å². The van der Waals surface area contributed by atoms with Gasteiger partial charge in [-0.25, -0.2) is 4.98 Å². The summed E-state index contributed by atoms with van der Waals surface area (Å²) < 4.78 is 5.80. The number of benzene rings is 2. The van der Waals surface area contributed by atoms with Gasteiger partial charge in [0.2, 0.25) is 0 Å². The van der Waals surface area contributed by atoms with Gasteiger partial charge in [-0.2, -0.15) is 5.26 Å². The van der Waals surface area contributed by atoms with Crippen molar-refractivity contribution >= 4 is 32.8 Å². The number of hydrogen-bond acceptors (Lipinski definition) is 3. The number of hydrogen-bond donors (Lipinski definition) is 0. The minimum absolute atomic E-state index is 0.338. The van der Waals surface area contributed by atoms with E-state index in [4.69, 9.17) is 4.42 Å². The Bertz CT molecular complexity index is 976. The second kappa shape index (κ2) is 3.56. The summed E-state index contributed by atoms with van der Waals surface area (Å²) in [4.78, 5) is 4.36. The first-order valence-electron chi connectivity index (χ1n) is 5.98. The van der Waals surface area contributed by atoms with Crippen molar-refractivity contribution in [3.05, 3.63) is 54.2 Å². The third-order valence-corrected chi connectivity index (χ3v) is 3.32. The van der Waals surface area contributed by atoms with Crippen LogP contribution >= 0.6 is 0 Å². The van der Waals surface area contributed by atoms with E-state index in [0.717, 1.165) is 27.3 Å². The molecule has 19 heavy (non-hydrogen) atoms. The lowest BCUT2D eigenvalue weighted by Gasteiger charge is -1.99. The normalized spacial score (nSPS) is 11.1. The highest BCUT2D eigenvalue weighted by atomic mass is 16.3. The first kappa shape index (κ1) is 10.1. The summed E-state index contributed by atoms with van der Waals surface area (Å²) in [6, 6.07) is 17.7. The lowest BCUT2D eigenvalue weighted by atomic mass is 10.1. The van der Waals surface area contributed by atoms with E-state index in [1.54, 1.807) is 0 Å². The molecule has 0 bridgehead atoms. The molecule has 2 aromatic heterocycles. The molecular weight excluding hydrogens is 236 g/mol. The van der Waals surface area contributed by atoms with Crippen molar-refractivity contribution in [3.8, 4) is 6.07 Å². The van der Waals surface area contributed by atoms with Crippen LogP contribution in [0.4, 0.5) is 0 Å². The van der Waals surface area contributed by atoms with Gasteiger partial charge in [0.25, 0.3) is 0 Å². The SMILES string of the molecule is N#Cc1nc2ccccc2c2c1oc1ccccc12. The number of para-hydroxylation sites is 2. The van der Waals surface area contributed by atoms with Crippen LogP contribution in [0.15, 0.2) is 52.9 Å². The predicted molar refractivity (Wildman–Crippen MR) is 73.7 cm³/mol. The number of fused-ring (bicyclic) bond motifs is 5. The molecule has 3 heteroatoms. The molecule has 0 aliphatic rings. The maximum absolute atomic E-state index is 9.25. The summed E-state index contributed by atoms with van der Waals surface area (Å²) in [5, 5.41) is 12.3. The summed E-state index contributed by atoms with van der Waals surface area (Å²) in [5.41, 5.74) is 2.51. The van der Waals surface area contributed by atoms with Gasteiger partial charge in [-0.3, -0.25) is 0 Å². The van der Waals surface area contributed by atoms with E-state index >= 15 is 0 Å². The highest BCUT2D eigenvalue weighted by Crippen LogP contribution is 2.34. The molecule has 0 atom stereocenters. The zero-order chi connectivity index (χ0) is 12.8. The van der Waals surface area contributed by atoms with Crippen LogP contribution in [0.1, 0.15) is 5.69 Å². The minimum atomic E-state index is 0.338. The van der Waals surface area contributed by atoms with Gasteiger partial charge in [0.15, 0.2) is 11.3 Å². The molecule has 88 valence electrons. The molecule has 0 spiro atoms. The van der Waals surface area contributed by atoms with Crippen LogP contribution in [0.2, 0.25) is 0 Å². The molecule has 2 aromatic carbocycles. The molecule has 2 heterocycles. The molecule has 0 N–H and O–H groups in total. The van der Waals surface area contributed by atoms with E-state index < -0.39 is 0 Å². The van der Waals surface area contributed by atoms with Crippen LogP contribution in [0.25, 0.3) is 32.8 Å². The van der Waals surface area contributed by atoms with Gasteiger partial charge in [0.1, 0.15) is 11.7 Å². The van der Waals surface area contributed by atoms with Gasteiger partial charge in [-0.1, -0.05) is 36.4 Å². The minimum Gasteiger partial charge on any atom is -0.453 e. The van der Waals surface area contributed by atoms with Crippen LogP contribution in [0.5, 0.6) is 0 Å². The van der Waals surface area contributed by atoms with Crippen LogP contribution < -0.4 is 0 Å². The standard InChI is InChI=1S/C16H8N2O/c17-9-13-16-15(10-5-1-3-7-12(10)18-13)11-6-2-4-8-14(11)19-16/h1-8H. The average Bonchev–Trinajstić information content (AvgIpc) is 2.86. The summed E-state index contributed by atoms with van der Waals surface area (Å²) in [6.45, 7) is 0. The Morgan fingerprint density at radius 3 is 2.53 bits per heavy atom. The van der Waals surface area contributed by atoms with Crippen LogP contribution in [-0.2, 0) is 0 Å². The van der Waals surface area contributed by atoms with Crippen molar-refractivity contribution in [2.45, 2.75) is 0 Å². The Balaban J connectivity index is 2.41. The monoisotopic (exact) mass is 244 g/mol. The van der Waals surface area contributed by atoms with E-state index in [-0.39, 0.29) is 0 Å². The summed E-state index contributed by atoms with van der Waals surface area (Å²) in [7, 11) is 0. The Kier molecular flexibility index (Phi) is 1.89. The molecule has 4 aromatic rings. The zero-order valence-corrected chi connectivity index (χ0v) is 9.92. The van der Waals surface area contributed by atoms with Gasteiger partial charge in [0, 0.05) is 16.2 Å². The quantitative estimate of drug-likeness (QED) is 0.469. The second-order valence-electron chi connectivity index (χ2n) is 4.39. The smallest absolute Gasteiger partial charge is 0.184 e. The molecule has 0 fully saturated rings. The van der Waals surface area contributed by atoms with Crippen molar-refractivity contribution < 1.29 is 4.42 Å². The predicted octanol–water partition coefficient (Wildman–Crippen LogP) is 4.01. The third-order valence-electron chi connectivity index (χ3n) is 3.32. The molecule has 3 nitrogen and oxygen atoms in total. The summed E-state index contributed by atoms with van der Waals surface area (Å²) in [5.74, 6) is 0. The summed E-state index contributed by atoms with van der Waals surface area (Å²) in [6.07, 6.45) is 0. The first-order valence-corrected chi connectivity index (χ1v) is 5.98. The van der Waals surface area contributed by atoms with E-state index in [2.05, 4.69) is 11.1 Å². The van der Waals surface area contributed by atoms with E-state index in [1.165, 1.54) is 0 Å². The van der Waals surface area contributed by atoms with Crippen LogP contribution in [-0.4, -0.2) is 4.98 Å². The maximum Gasteiger partial charge on any atom is 0.184 e. The molecular formula is C16H8N2O. The number of nitriles is 1. The van der Waals surface area contributed by atoms with E-state index in [9.17, 15) is 5.26 Å². The van der Waals surface area contributed by atoms with E-state index in [1.807, 2.05) is 48.5 Å². The van der Waals surface area contributed by atoms with Gasteiger partial charge in [-0.05, 0) is 12.1 Å². The molecule has 0 unspecified atom stereocenters. The Morgan fingerprint density at radius 1 is 0.947 bits per heavy atom. The number of rotatable bonds is 0. The number of aromatic nitrogens is 1. The second-order valence-corrected chi connectivity index (χ2v) is 4.39. The fraction of sp³-hybridized carbons (Fsp3) is 0. The molecule has 0 amide bonds. The van der Waals surface area contributed by atoms with Crippen LogP contribution in [0.3, 0.4) is 0 Å². The van der Waals surface area contributed by atoms with Crippen molar-refractivity contribution in [2.75, 3.05) is 0 Å². The average molecular weight is 244 g/mol. The zero-order valence-electron chi connectivity index (χ0n) is 9.92. The summed E-state index contributed by atoms with van der Waals surface area (Å²) >= 11 is 0. The van der Waals surface area contributed by atoms with Crippen molar-refractivity contribution in [1.29, 1.82) is 5.26 Å². The topological polar surface area (TPSA) is 49.8 Å². The van der Waals surface area contributed by atoms with Crippen molar-refractivity contribution in [2.24, 2.45) is 0 Å². The number of furan rings is 1. The molecule has 0 radical (unpaired) electrons. The Labute approximate surface area is 108 Å². The van der Waals surface area contributed by atoms with Gasteiger partial charge in [0.05, 0.1) is 5.52 Å². The Hall–Kier alpha value is -2.86. The molecule has 0 saturated carbocycles. The first-order chi connectivity index (χ1) is 9.38. The number of pyridine rings is 1. The number of nitrogens with zero attached hydrogens (tertiary/aromatic N) is 2. The molecule has 0 saturated heterocycles. The fourth-order valence-electron chi connectivity index (χ4n) is 2.51. The van der Waals surface area contributed by atoms with Gasteiger partial charge < -0.3 is 4.42 Å². The maximum atomic E-state index is 9.25. The third kappa shape index (κ3) is 1.28. The van der Waals surface area contributed by atoms with Gasteiger partial charge >= 0.3 is 0 Å². The van der Waals surface area contributed by atoms with Gasteiger partial charge in [-0.15, -0.1) is 0 Å². The highest BCUT2D eigenvalue weighted by Gasteiger charge is 2.15. The largest absolute Gasteiger partial charge is 0.453 e. The fourth-order valence-corrected chi connectivity index (χ4v) is 2.51. The molecule has 4 rings (SSSR count).